The molecule has 1 aromatic heterocycles. The Bertz CT molecular complexity index is 757. The highest BCUT2D eigenvalue weighted by Gasteiger charge is 2.27. The molecule has 1 amide bonds. The second kappa shape index (κ2) is 7.55. The summed E-state index contributed by atoms with van der Waals surface area (Å²) in [7, 11) is 1.62. The molecule has 2 heterocycles. The molecule has 3 rings (SSSR count). The zero-order chi connectivity index (χ0) is 17.8. The van der Waals surface area contributed by atoms with Crippen molar-refractivity contribution in [2.75, 3.05) is 20.3 Å². The second-order valence-corrected chi connectivity index (χ2v) is 6.23. The van der Waals surface area contributed by atoms with Gasteiger partial charge in [0.15, 0.2) is 11.5 Å². The number of nitrogens with zero attached hydrogens (tertiary/aromatic N) is 3. The van der Waals surface area contributed by atoms with Crippen LogP contribution < -0.4 is 14.8 Å². The van der Waals surface area contributed by atoms with Crippen molar-refractivity contribution in [3.05, 3.63) is 35.4 Å². The van der Waals surface area contributed by atoms with Crippen molar-refractivity contribution in [1.29, 1.82) is 0 Å². The van der Waals surface area contributed by atoms with Gasteiger partial charge in [-0.25, -0.2) is 4.98 Å². The zero-order valence-corrected chi connectivity index (χ0v) is 14.9. The summed E-state index contributed by atoms with van der Waals surface area (Å²) in [5, 5.41) is 7.32. The van der Waals surface area contributed by atoms with Gasteiger partial charge < -0.3 is 14.8 Å². The molecule has 0 spiro atoms. The van der Waals surface area contributed by atoms with E-state index < -0.39 is 0 Å². The maximum absolute atomic E-state index is 12.4. The number of carbonyl (C=O) groups excluding carboxylic acids is 1. The summed E-state index contributed by atoms with van der Waals surface area (Å²) < 4.78 is 12.9. The Labute approximate surface area is 147 Å². The van der Waals surface area contributed by atoms with E-state index in [1.807, 2.05) is 36.7 Å². The van der Waals surface area contributed by atoms with Gasteiger partial charge in [0.25, 0.3) is 0 Å². The number of rotatable bonds is 6. The van der Waals surface area contributed by atoms with Gasteiger partial charge in [-0.1, -0.05) is 12.1 Å². The summed E-state index contributed by atoms with van der Waals surface area (Å²) in [5.74, 6) is 3.00. The predicted octanol–water partition coefficient (Wildman–Crippen LogP) is 1.66. The van der Waals surface area contributed by atoms with Crippen molar-refractivity contribution in [2.45, 2.75) is 33.2 Å². The van der Waals surface area contributed by atoms with E-state index in [1.54, 1.807) is 7.11 Å². The fourth-order valence-electron chi connectivity index (χ4n) is 3.08. The predicted molar refractivity (Wildman–Crippen MR) is 92.8 cm³/mol. The van der Waals surface area contributed by atoms with E-state index in [-0.39, 0.29) is 11.8 Å². The van der Waals surface area contributed by atoms with E-state index in [2.05, 4.69) is 15.4 Å². The van der Waals surface area contributed by atoms with E-state index in [1.165, 1.54) is 0 Å². The fraction of sp³-hybridized carbons (Fsp3) is 0.500. The van der Waals surface area contributed by atoms with Gasteiger partial charge in [0.05, 0.1) is 13.0 Å². The minimum absolute atomic E-state index is 0.0277. The van der Waals surface area contributed by atoms with Crippen molar-refractivity contribution in [3.8, 4) is 11.5 Å². The molecular formula is C18H24N4O3. The molecule has 0 unspecified atom stereocenters. The molecule has 7 nitrogen and oxygen atoms in total. The number of aryl methyl sites for hydroxylation is 3. The van der Waals surface area contributed by atoms with Crippen molar-refractivity contribution in [2.24, 2.45) is 5.92 Å². The first kappa shape index (κ1) is 17.3. The highest BCUT2D eigenvalue weighted by atomic mass is 16.5. The summed E-state index contributed by atoms with van der Waals surface area (Å²) in [6, 6.07) is 5.77. The molecule has 0 saturated heterocycles. The van der Waals surface area contributed by atoms with E-state index >= 15 is 0 Å². The molecule has 0 fully saturated rings. The first-order valence-corrected chi connectivity index (χ1v) is 8.53. The highest BCUT2D eigenvalue weighted by molar-refractivity contribution is 5.79. The largest absolute Gasteiger partial charge is 0.493 e. The maximum atomic E-state index is 12.4. The van der Waals surface area contributed by atoms with E-state index in [4.69, 9.17) is 9.47 Å². The normalized spacial score (nSPS) is 16.0. The number of benzene rings is 1. The second-order valence-electron chi connectivity index (χ2n) is 6.23. The SMILES string of the molecule is COc1cccc2c1OC[C@H](C(=O)NCCCn1nc(C)nc1C)C2. The number of methoxy groups -OCH3 is 1. The number of carbonyl (C=O) groups is 1. The van der Waals surface area contributed by atoms with Gasteiger partial charge in [0.2, 0.25) is 5.91 Å². The summed E-state index contributed by atoms with van der Waals surface area (Å²) >= 11 is 0. The Morgan fingerprint density at radius 1 is 1.44 bits per heavy atom. The number of aromatic nitrogens is 3. The highest BCUT2D eigenvalue weighted by Crippen LogP contribution is 2.35. The van der Waals surface area contributed by atoms with Crippen LogP contribution in [0.4, 0.5) is 0 Å². The molecule has 1 aliphatic heterocycles. The lowest BCUT2D eigenvalue weighted by atomic mass is 9.95. The Morgan fingerprint density at radius 2 is 2.28 bits per heavy atom. The first-order chi connectivity index (χ1) is 12.1. The Balaban J connectivity index is 1.48. The summed E-state index contributed by atoms with van der Waals surface area (Å²) in [6.07, 6.45) is 1.48. The van der Waals surface area contributed by atoms with Crippen LogP contribution >= 0.6 is 0 Å². The smallest absolute Gasteiger partial charge is 0.226 e. The van der Waals surface area contributed by atoms with Crippen molar-refractivity contribution < 1.29 is 14.3 Å². The van der Waals surface area contributed by atoms with Crippen LogP contribution in [0.3, 0.4) is 0 Å². The Morgan fingerprint density at radius 3 is 3.00 bits per heavy atom. The van der Waals surface area contributed by atoms with Crippen LogP contribution in [0.25, 0.3) is 0 Å². The van der Waals surface area contributed by atoms with Gasteiger partial charge in [0.1, 0.15) is 18.3 Å². The maximum Gasteiger partial charge on any atom is 0.226 e. The summed E-state index contributed by atoms with van der Waals surface area (Å²) in [6.45, 7) is 5.54. The van der Waals surface area contributed by atoms with Gasteiger partial charge in [-0.2, -0.15) is 5.10 Å². The van der Waals surface area contributed by atoms with E-state index in [0.29, 0.717) is 19.6 Å². The van der Waals surface area contributed by atoms with Crippen molar-refractivity contribution in [3.63, 3.8) is 0 Å². The molecule has 1 atom stereocenters. The van der Waals surface area contributed by atoms with Crippen LogP contribution in [-0.2, 0) is 17.8 Å². The lowest BCUT2D eigenvalue weighted by Gasteiger charge is -2.25. The quantitative estimate of drug-likeness (QED) is 0.807. The Kier molecular flexibility index (Phi) is 5.21. The summed E-state index contributed by atoms with van der Waals surface area (Å²) in [4.78, 5) is 16.7. The molecular weight excluding hydrogens is 320 g/mol. The molecule has 25 heavy (non-hydrogen) atoms. The van der Waals surface area contributed by atoms with Crippen LogP contribution in [-0.4, -0.2) is 40.9 Å². The third-order valence-electron chi connectivity index (χ3n) is 4.35. The average Bonchev–Trinajstić information content (AvgIpc) is 2.94. The number of para-hydroxylation sites is 1. The van der Waals surface area contributed by atoms with E-state index in [0.717, 1.165) is 41.7 Å². The molecule has 7 heteroatoms. The molecule has 1 N–H and O–H groups in total. The Hall–Kier alpha value is -2.57. The van der Waals surface area contributed by atoms with Crippen LogP contribution in [0.2, 0.25) is 0 Å². The molecule has 2 aromatic rings. The molecule has 0 aliphatic carbocycles. The molecule has 134 valence electrons. The third-order valence-corrected chi connectivity index (χ3v) is 4.35. The first-order valence-electron chi connectivity index (χ1n) is 8.53. The lowest BCUT2D eigenvalue weighted by molar-refractivity contribution is -0.126. The lowest BCUT2D eigenvalue weighted by Crippen LogP contribution is -2.38. The van der Waals surface area contributed by atoms with Crippen LogP contribution in [0.5, 0.6) is 11.5 Å². The van der Waals surface area contributed by atoms with Crippen LogP contribution in [0.1, 0.15) is 23.6 Å². The molecule has 0 radical (unpaired) electrons. The summed E-state index contributed by atoms with van der Waals surface area (Å²) in [5.41, 5.74) is 1.01. The topological polar surface area (TPSA) is 78.3 Å². The number of amides is 1. The number of hydrogen-bond donors (Lipinski definition) is 1. The molecule has 0 bridgehead atoms. The van der Waals surface area contributed by atoms with Crippen LogP contribution in [0, 0.1) is 19.8 Å². The average molecular weight is 344 g/mol. The van der Waals surface area contributed by atoms with Crippen LogP contribution in [0.15, 0.2) is 18.2 Å². The van der Waals surface area contributed by atoms with Crippen molar-refractivity contribution >= 4 is 5.91 Å². The minimum atomic E-state index is -0.171. The van der Waals surface area contributed by atoms with Gasteiger partial charge in [-0.15, -0.1) is 0 Å². The number of hydrogen-bond acceptors (Lipinski definition) is 5. The van der Waals surface area contributed by atoms with Gasteiger partial charge in [-0.05, 0) is 38.3 Å². The number of fused-ring (bicyclic) bond motifs is 1. The van der Waals surface area contributed by atoms with Gasteiger partial charge in [0, 0.05) is 13.1 Å². The number of ether oxygens (including phenoxy) is 2. The zero-order valence-electron chi connectivity index (χ0n) is 14.9. The number of nitrogens with one attached hydrogen (secondary N) is 1. The molecule has 1 aliphatic rings. The van der Waals surface area contributed by atoms with Crippen molar-refractivity contribution in [1.82, 2.24) is 20.1 Å². The minimum Gasteiger partial charge on any atom is -0.493 e. The standard InChI is InChI=1S/C18H24N4O3/c1-12-20-13(2)22(21-12)9-5-8-19-18(23)15-10-14-6-4-7-16(24-3)17(14)25-11-15/h4,6-7,15H,5,8-11H2,1-3H3,(H,19,23)/t15-/m1/s1. The monoisotopic (exact) mass is 344 g/mol. The third kappa shape index (κ3) is 3.92. The van der Waals surface area contributed by atoms with E-state index in [9.17, 15) is 4.79 Å². The molecule has 0 saturated carbocycles. The van der Waals surface area contributed by atoms with Gasteiger partial charge in [-0.3, -0.25) is 9.48 Å². The molecule has 1 aromatic carbocycles. The van der Waals surface area contributed by atoms with Gasteiger partial charge >= 0.3 is 0 Å². The fourth-order valence-corrected chi connectivity index (χ4v) is 3.08.